The van der Waals surface area contributed by atoms with E-state index >= 15 is 0 Å². The SMILES string of the molecule is C=Cc1ccc2c(c1)CC(C(=O)N1CCCC(C)C1)N2c1cccnn1. The van der Waals surface area contributed by atoms with Crippen molar-refractivity contribution < 1.29 is 4.79 Å². The molecular weight excluding hydrogens is 324 g/mol. The van der Waals surface area contributed by atoms with Gasteiger partial charge in [0.15, 0.2) is 5.82 Å². The summed E-state index contributed by atoms with van der Waals surface area (Å²) in [5, 5.41) is 8.30. The summed E-state index contributed by atoms with van der Waals surface area (Å²) in [4.78, 5) is 17.5. The molecule has 2 aromatic rings. The molecule has 1 aromatic carbocycles. The second-order valence-corrected chi connectivity index (χ2v) is 7.30. The van der Waals surface area contributed by atoms with Crippen LogP contribution in [0.15, 0.2) is 43.1 Å². The maximum absolute atomic E-state index is 13.4. The van der Waals surface area contributed by atoms with Crippen molar-refractivity contribution in [3.05, 3.63) is 54.2 Å². The van der Waals surface area contributed by atoms with Gasteiger partial charge in [-0.15, -0.1) is 5.10 Å². The molecule has 1 fully saturated rings. The summed E-state index contributed by atoms with van der Waals surface area (Å²) < 4.78 is 0. The maximum atomic E-state index is 13.4. The number of likely N-dealkylation sites (tertiary alicyclic amines) is 1. The molecule has 5 nitrogen and oxygen atoms in total. The number of piperidine rings is 1. The van der Waals surface area contributed by atoms with E-state index in [2.05, 4.69) is 40.7 Å². The topological polar surface area (TPSA) is 49.3 Å². The van der Waals surface area contributed by atoms with Gasteiger partial charge in [0.25, 0.3) is 0 Å². The summed E-state index contributed by atoms with van der Waals surface area (Å²) in [5.74, 6) is 1.48. The summed E-state index contributed by atoms with van der Waals surface area (Å²) in [6, 6.07) is 9.74. The number of hydrogen-bond acceptors (Lipinski definition) is 4. The molecule has 3 heterocycles. The molecule has 1 saturated heterocycles. The quantitative estimate of drug-likeness (QED) is 0.852. The Kier molecular flexibility index (Phi) is 4.45. The van der Waals surface area contributed by atoms with Crippen molar-refractivity contribution in [1.82, 2.24) is 15.1 Å². The van der Waals surface area contributed by atoms with Crippen LogP contribution in [-0.2, 0) is 11.2 Å². The number of hydrogen-bond donors (Lipinski definition) is 0. The average molecular weight is 348 g/mol. The van der Waals surface area contributed by atoms with Gasteiger partial charge in [-0.05, 0) is 54.2 Å². The van der Waals surface area contributed by atoms with Gasteiger partial charge in [0.05, 0.1) is 0 Å². The number of anilines is 2. The lowest BCUT2D eigenvalue weighted by Crippen LogP contribution is -2.49. The molecule has 134 valence electrons. The Labute approximate surface area is 154 Å². The predicted molar refractivity (Wildman–Crippen MR) is 103 cm³/mol. The maximum Gasteiger partial charge on any atom is 0.246 e. The normalized spacial score (nSPS) is 22.2. The van der Waals surface area contributed by atoms with Crippen molar-refractivity contribution >= 4 is 23.5 Å². The van der Waals surface area contributed by atoms with Gasteiger partial charge in [0.2, 0.25) is 5.91 Å². The summed E-state index contributed by atoms with van der Waals surface area (Å²) >= 11 is 0. The van der Waals surface area contributed by atoms with Crippen molar-refractivity contribution in [3.8, 4) is 0 Å². The van der Waals surface area contributed by atoms with E-state index in [9.17, 15) is 4.79 Å². The van der Waals surface area contributed by atoms with Crippen molar-refractivity contribution in [1.29, 1.82) is 0 Å². The van der Waals surface area contributed by atoms with Crippen molar-refractivity contribution in [2.75, 3.05) is 18.0 Å². The van der Waals surface area contributed by atoms with Gasteiger partial charge in [0, 0.05) is 31.4 Å². The van der Waals surface area contributed by atoms with Crippen LogP contribution in [0.4, 0.5) is 11.5 Å². The highest BCUT2D eigenvalue weighted by atomic mass is 16.2. The molecule has 1 aromatic heterocycles. The molecule has 1 amide bonds. The third-order valence-electron chi connectivity index (χ3n) is 5.38. The smallest absolute Gasteiger partial charge is 0.246 e. The number of nitrogens with zero attached hydrogens (tertiary/aromatic N) is 4. The van der Waals surface area contributed by atoms with E-state index in [4.69, 9.17) is 0 Å². The molecule has 0 radical (unpaired) electrons. The second kappa shape index (κ2) is 6.90. The summed E-state index contributed by atoms with van der Waals surface area (Å²) in [6.45, 7) is 7.77. The standard InChI is InChI=1S/C21H24N4O/c1-3-16-8-9-18-17(12-16)13-19(25(18)20-7-4-10-22-23-20)21(26)24-11-5-6-15(2)14-24/h3-4,7-10,12,15,19H,1,5-6,11,13-14H2,2H3. The second-order valence-electron chi connectivity index (χ2n) is 7.30. The van der Waals surface area contributed by atoms with E-state index in [0.29, 0.717) is 12.3 Å². The number of benzene rings is 1. The van der Waals surface area contributed by atoms with E-state index in [0.717, 1.165) is 42.1 Å². The fourth-order valence-corrected chi connectivity index (χ4v) is 4.10. The Morgan fingerprint density at radius 1 is 1.35 bits per heavy atom. The zero-order chi connectivity index (χ0) is 18.1. The minimum absolute atomic E-state index is 0.193. The van der Waals surface area contributed by atoms with Crippen LogP contribution >= 0.6 is 0 Å². The number of rotatable bonds is 3. The Morgan fingerprint density at radius 3 is 2.96 bits per heavy atom. The summed E-state index contributed by atoms with van der Waals surface area (Å²) in [7, 11) is 0. The van der Waals surface area contributed by atoms with E-state index in [1.165, 1.54) is 6.42 Å². The number of aromatic nitrogens is 2. The highest BCUT2D eigenvalue weighted by Crippen LogP contribution is 2.39. The molecule has 0 bridgehead atoms. The molecule has 2 aliphatic rings. The Bertz CT molecular complexity index is 820. The van der Waals surface area contributed by atoms with Crippen molar-refractivity contribution in [3.63, 3.8) is 0 Å². The fraction of sp³-hybridized carbons (Fsp3) is 0.381. The molecule has 2 unspecified atom stereocenters. The van der Waals surface area contributed by atoms with Crippen molar-refractivity contribution in [2.45, 2.75) is 32.2 Å². The minimum Gasteiger partial charge on any atom is -0.341 e. The van der Waals surface area contributed by atoms with Gasteiger partial charge in [-0.3, -0.25) is 4.79 Å². The summed E-state index contributed by atoms with van der Waals surface area (Å²) in [5.41, 5.74) is 3.28. The first kappa shape index (κ1) is 16.8. The van der Waals surface area contributed by atoms with Crippen molar-refractivity contribution in [2.24, 2.45) is 5.92 Å². The molecule has 2 aliphatic heterocycles. The minimum atomic E-state index is -0.257. The zero-order valence-corrected chi connectivity index (χ0v) is 15.1. The first-order valence-electron chi connectivity index (χ1n) is 9.28. The molecule has 0 N–H and O–H groups in total. The Hall–Kier alpha value is -2.69. The van der Waals surface area contributed by atoms with Gasteiger partial charge in [0.1, 0.15) is 6.04 Å². The Balaban J connectivity index is 1.71. The molecule has 0 spiro atoms. The van der Waals surface area contributed by atoms with Gasteiger partial charge >= 0.3 is 0 Å². The lowest BCUT2D eigenvalue weighted by Gasteiger charge is -2.35. The van der Waals surface area contributed by atoms with E-state index < -0.39 is 0 Å². The summed E-state index contributed by atoms with van der Waals surface area (Å²) in [6.07, 6.45) is 6.47. The number of fused-ring (bicyclic) bond motifs is 1. The van der Waals surface area contributed by atoms with Gasteiger partial charge in [-0.1, -0.05) is 25.6 Å². The predicted octanol–water partition coefficient (Wildman–Crippen LogP) is 3.44. The van der Waals surface area contributed by atoms with Crippen LogP contribution in [-0.4, -0.2) is 40.1 Å². The van der Waals surface area contributed by atoms with Gasteiger partial charge in [-0.2, -0.15) is 5.10 Å². The first-order valence-corrected chi connectivity index (χ1v) is 9.28. The van der Waals surface area contributed by atoms with Gasteiger partial charge in [-0.25, -0.2) is 0 Å². The van der Waals surface area contributed by atoms with Crippen LogP contribution in [0.25, 0.3) is 6.08 Å². The zero-order valence-electron chi connectivity index (χ0n) is 15.1. The molecule has 2 atom stereocenters. The average Bonchev–Trinajstić information content (AvgIpc) is 3.06. The molecular formula is C21H24N4O. The van der Waals surface area contributed by atoms with E-state index in [1.54, 1.807) is 6.20 Å². The number of carbonyl (C=O) groups is 1. The monoisotopic (exact) mass is 348 g/mol. The van der Waals surface area contributed by atoms with Crippen LogP contribution in [0.1, 0.15) is 30.9 Å². The first-order chi connectivity index (χ1) is 12.7. The molecule has 5 heteroatoms. The van der Waals surface area contributed by atoms with E-state index in [1.807, 2.05) is 29.2 Å². The lowest BCUT2D eigenvalue weighted by atomic mass is 9.99. The third kappa shape index (κ3) is 2.98. The van der Waals surface area contributed by atoms with Crippen LogP contribution in [0, 0.1) is 5.92 Å². The highest BCUT2D eigenvalue weighted by molar-refractivity contribution is 5.91. The largest absolute Gasteiger partial charge is 0.341 e. The third-order valence-corrected chi connectivity index (χ3v) is 5.38. The van der Waals surface area contributed by atoms with Gasteiger partial charge < -0.3 is 9.80 Å². The van der Waals surface area contributed by atoms with Crippen LogP contribution in [0.2, 0.25) is 0 Å². The number of amides is 1. The lowest BCUT2D eigenvalue weighted by molar-refractivity contribution is -0.134. The molecule has 0 saturated carbocycles. The molecule has 0 aliphatic carbocycles. The molecule has 4 rings (SSSR count). The van der Waals surface area contributed by atoms with E-state index in [-0.39, 0.29) is 11.9 Å². The van der Waals surface area contributed by atoms with Crippen LogP contribution in [0.5, 0.6) is 0 Å². The highest BCUT2D eigenvalue weighted by Gasteiger charge is 2.39. The fourth-order valence-electron chi connectivity index (χ4n) is 4.10. The Morgan fingerprint density at radius 2 is 2.23 bits per heavy atom. The number of carbonyl (C=O) groups excluding carboxylic acids is 1. The molecule has 26 heavy (non-hydrogen) atoms. The van der Waals surface area contributed by atoms with Crippen LogP contribution in [0.3, 0.4) is 0 Å². The van der Waals surface area contributed by atoms with Crippen LogP contribution < -0.4 is 4.90 Å².